The van der Waals surface area contributed by atoms with Gasteiger partial charge in [-0.05, 0) is 68.1 Å². The van der Waals surface area contributed by atoms with E-state index in [1.54, 1.807) is 31.3 Å². The molecule has 2 heterocycles. The molecule has 3 amide bonds. The summed E-state index contributed by atoms with van der Waals surface area (Å²) in [6.07, 6.45) is -3.91. The summed E-state index contributed by atoms with van der Waals surface area (Å²) in [6.45, 7) is 6.44. The Kier molecular flexibility index (Phi) is 8.52. The number of nitrogens with two attached hydrogens (primary N) is 1. The quantitative estimate of drug-likeness (QED) is 0.401. The second-order valence-corrected chi connectivity index (χ2v) is 10.6. The van der Waals surface area contributed by atoms with Crippen molar-refractivity contribution < 1.29 is 27.6 Å². The smallest absolute Gasteiger partial charge is 0.366 e. The maximum absolute atomic E-state index is 13.9. The molecule has 1 aliphatic heterocycles. The van der Waals surface area contributed by atoms with E-state index in [4.69, 9.17) is 5.73 Å². The van der Waals surface area contributed by atoms with Crippen molar-refractivity contribution in [1.29, 1.82) is 0 Å². The van der Waals surface area contributed by atoms with Crippen LogP contribution in [0.2, 0.25) is 0 Å². The molecular formula is C29H33F3N6O3. The van der Waals surface area contributed by atoms with Crippen molar-refractivity contribution in [3.05, 3.63) is 71.0 Å². The van der Waals surface area contributed by atoms with Crippen LogP contribution in [0.15, 0.2) is 48.5 Å². The number of nitrogens with one attached hydrogen (secondary N) is 1. The number of amides is 3. The maximum Gasteiger partial charge on any atom is 0.435 e. The van der Waals surface area contributed by atoms with Gasteiger partial charge < -0.3 is 20.9 Å². The molecule has 0 saturated carbocycles. The van der Waals surface area contributed by atoms with Crippen LogP contribution in [0, 0.1) is 5.92 Å². The Hall–Kier alpha value is -4.19. The number of hydrogen-bond donors (Lipinski definition) is 2. The molecule has 0 radical (unpaired) electrons. The number of likely N-dealkylation sites (N-methyl/N-ethyl adjacent to an activating group) is 1. The summed E-state index contributed by atoms with van der Waals surface area (Å²) in [5.41, 5.74) is 5.01. The number of nitrogens with zero attached hydrogens (tertiary/aromatic N) is 4. The first kappa shape index (κ1) is 29.8. The molecule has 9 nitrogen and oxygen atoms in total. The molecule has 0 spiro atoms. The molecule has 218 valence electrons. The monoisotopic (exact) mass is 570 g/mol. The molecule has 0 aliphatic carbocycles. The molecule has 1 aliphatic rings. The molecule has 41 heavy (non-hydrogen) atoms. The Morgan fingerprint density at radius 3 is 2.39 bits per heavy atom. The van der Waals surface area contributed by atoms with Gasteiger partial charge in [-0.15, -0.1) is 0 Å². The molecule has 1 aromatic heterocycles. The summed E-state index contributed by atoms with van der Waals surface area (Å²) in [5.74, 6) is -1.06. The van der Waals surface area contributed by atoms with Crippen LogP contribution in [-0.2, 0) is 17.4 Å². The number of rotatable bonds is 9. The van der Waals surface area contributed by atoms with Crippen LogP contribution in [-0.4, -0.2) is 53.7 Å². The Balaban J connectivity index is 1.59. The van der Waals surface area contributed by atoms with Gasteiger partial charge in [0.1, 0.15) is 5.69 Å². The molecule has 0 bridgehead atoms. The second-order valence-electron chi connectivity index (χ2n) is 10.6. The topological polar surface area (TPSA) is 114 Å². The van der Waals surface area contributed by atoms with Gasteiger partial charge >= 0.3 is 6.18 Å². The Morgan fingerprint density at radius 2 is 1.78 bits per heavy atom. The first-order chi connectivity index (χ1) is 19.3. The van der Waals surface area contributed by atoms with E-state index < -0.39 is 23.7 Å². The third-order valence-corrected chi connectivity index (χ3v) is 7.01. The van der Waals surface area contributed by atoms with E-state index in [1.165, 1.54) is 34.1 Å². The highest BCUT2D eigenvalue weighted by molar-refractivity contribution is 6.08. The number of carbonyl (C=O) groups is 3. The predicted molar refractivity (Wildman–Crippen MR) is 149 cm³/mol. The standard InChI is InChI=1S/C29H33F3N6O3/c1-17(2)14-18(3)34-16-24(39)36(4)20-8-10-21(11-9-20)37-13-12-23-25(28(37)41)38(35-26(23)29(30,31)32)22-7-5-6-19(15-22)27(33)40/h5-11,15,17-18,34H,12-14,16H2,1-4H3,(H2,33,40). The first-order valence-electron chi connectivity index (χ1n) is 13.3. The zero-order chi connectivity index (χ0) is 30.1. The summed E-state index contributed by atoms with van der Waals surface area (Å²) in [5, 5.41) is 6.98. The van der Waals surface area contributed by atoms with Crippen LogP contribution in [0.1, 0.15) is 59.3 Å². The second kappa shape index (κ2) is 11.7. The molecule has 2 aromatic carbocycles. The van der Waals surface area contributed by atoms with Crippen molar-refractivity contribution >= 4 is 29.1 Å². The lowest BCUT2D eigenvalue weighted by atomic mass is 10.0. The number of alkyl halides is 3. The van der Waals surface area contributed by atoms with Gasteiger partial charge in [0, 0.05) is 42.1 Å². The Bertz CT molecular complexity index is 1450. The lowest BCUT2D eigenvalue weighted by molar-refractivity contribution is -0.142. The van der Waals surface area contributed by atoms with Gasteiger partial charge in [0.15, 0.2) is 5.69 Å². The highest BCUT2D eigenvalue weighted by Gasteiger charge is 2.43. The van der Waals surface area contributed by atoms with Crippen LogP contribution in [0.4, 0.5) is 24.5 Å². The number of primary amides is 1. The van der Waals surface area contributed by atoms with Gasteiger partial charge in [0.25, 0.3) is 5.91 Å². The number of hydrogen-bond acceptors (Lipinski definition) is 5. The van der Waals surface area contributed by atoms with Crippen molar-refractivity contribution in [1.82, 2.24) is 15.1 Å². The van der Waals surface area contributed by atoms with Gasteiger partial charge in [-0.2, -0.15) is 18.3 Å². The highest BCUT2D eigenvalue weighted by atomic mass is 19.4. The normalized spacial score (nSPS) is 14.2. The summed E-state index contributed by atoms with van der Waals surface area (Å²) in [4.78, 5) is 40.9. The van der Waals surface area contributed by atoms with Crippen LogP contribution >= 0.6 is 0 Å². The van der Waals surface area contributed by atoms with Gasteiger partial charge in [-0.3, -0.25) is 14.4 Å². The third-order valence-electron chi connectivity index (χ3n) is 7.01. The molecule has 3 aromatic rings. The molecule has 0 fully saturated rings. The largest absolute Gasteiger partial charge is 0.435 e. The van der Waals surface area contributed by atoms with E-state index in [2.05, 4.69) is 24.3 Å². The number of aromatic nitrogens is 2. The highest BCUT2D eigenvalue weighted by Crippen LogP contribution is 2.37. The molecule has 0 saturated heterocycles. The lowest BCUT2D eigenvalue weighted by Gasteiger charge is -2.28. The fourth-order valence-corrected chi connectivity index (χ4v) is 4.98. The van der Waals surface area contributed by atoms with Crippen molar-refractivity contribution in [3.8, 4) is 5.69 Å². The van der Waals surface area contributed by atoms with Gasteiger partial charge in [-0.25, -0.2) is 4.68 Å². The van der Waals surface area contributed by atoms with E-state index in [1.807, 2.05) is 6.92 Å². The predicted octanol–water partition coefficient (Wildman–Crippen LogP) is 4.18. The van der Waals surface area contributed by atoms with Gasteiger partial charge in [0.05, 0.1) is 12.2 Å². The van der Waals surface area contributed by atoms with Crippen molar-refractivity contribution in [2.45, 2.75) is 45.8 Å². The van der Waals surface area contributed by atoms with E-state index in [0.717, 1.165) is 11.1 Å². The minimum absolute atomic E-state index is 0.00765. The van der Waals surface area contributed by atoms with Crippen LogP contribution in [0.5, 0.6) is 0 Å². The van der Waals surface area contributed by atoms with Gasteiger partial charge in [-0.1, -0.05) is 19.9 Å². The molecule has 1 unspecified atom stereocenters. The molecule has 12 heteroatoms. The fraction of sp³-hybridized carbons (Fsp3) is 0.379. The summed E-state index contributed by atoms with van der Waals surface area (Å²) >= 11 is 0. The zero-order valence-electron chi connectivity index (χ0n) is 23.3. The number of fused-ring (bicyclic) bond motifs is 1. The van der Waals surface area contributed by atoms with E-state index in [-0.39, 0.29) is 54.0 Å². The average molecular weight is 571 g/mol. The van der Waals surface area contributed by atoms with E-state index in [0.29, 0.717) is 17.3 Å². The number of halogens is 3. The minimum atomic E-state index is -4.78. The van der Waals surface area contributed by atoms with Crippen molar-refractivity contribution in [3.63, 3.8) is 0 Å². The Morgan fingerprint density at radius 1 is 1.10 bits per heavy atom. The Labute approximate surface area is 236 Å². The molecular weight excluding hydrogens is 537 g/mol. The van der Waals surface area contributed by atoms with Crippen molar-refractivity contribution in [2.24, 2.45) is 11.7 Å². The third kappa shape index (κ3) is 6.43. The number of carbonyl (C=O) groups excluding carboxylic acids is 3. The molecule has 4 rings (SSSR count). The summed E-state index contributed by atoms with van der Waals surface area (Å²) < 4.78 is 42.6. The fourth-order valence-electron chi connectivity index (χ4n) is 4.98. The maximum atomic E-state index is 13.9. The lowest BCUT2D eigenvalue weighted by Crippen LogP contribution is -2.40. The minimum Gasteiger partial charge on any atom is -0.366 e. The van der Waals surface area contributed by atoms with Crippen LogP contribution in [0.3, 0.4) is 0 Å². The SMILES string of the molecule is CC(C)CC(C)NCC(=O)N(C)c1ccc(N2CCc3c(C(F)(F)F)nn(-c4cccc(C(N)=O)c4)c3C2=O)cc1. The van der Waals surface area contributed by atoms with Crippen LogP contribution < -0.4 is 20.9 Å². The van der Waals surface area contributed by atoms with Crippen molar-refractivity contribution in [2.75, 3.05) is 29.9 Å². The molecule has 1 atom stereocenters. The van der Waals surface area contributed by atoms with Crippen LogP contribution in [0.25, 0.3) is 5.69 Å². The average Bonchev–Trinajstić information content (AvgIpc) is 3.33. The van der Waals surface area contributed by atoms with E-state index in [9.17, 15) is 27.6 Å². The molecule has 3 N–H and O–H groups in total. The number of benzene rings is 2. The first-order valence-corrected chi connectivity index (χ1v) is 13.3. The summed E-state index contributed by atoms with van der Waals surface area (Å²) in [7, 11) is 1.65. The van der Waals surface area contributed by atoms with Gasteiger partial charge in [0.2, 0.25) is 11.8 Å². The number of anilines is 2. The zero-order valence-corrected chi connectivity index (χ0v) is 23.3. The summed E-state index contributed by atoms with van der Waals surface area (Å²) in [6, 6.07) is 12.5. The van der Waals surface area contributed by atoms with E-state index >= 15 is 0 Å².